The third-order valence-electron chi connectivity index (χ3n) is 2.28. The van der Waals surface area contributed by atoms with Crippen molar-refractivity contribution in [1.82, 2.24) is 9.55 Å². The zero-order valence-electron chi connectivity index (χ0n) is 9.12. The quantitative estimate of drug-likeness (QED) is 0.729. The number of carbonyl (C=O) groups excluding carboxylic acids is 1. The molecule has 5 nitrogen and oxygen atoms in total. The molecule has 0 aliphatic heterocycles. The summed E-state index contributed by atoms with van der Waals surface area (Å²) >= 11 is 0. The van der Waals surface area contributed by atoms with E-state index in [1.54, 1.807) is 35.0 Å². The summed E-state index contributed by atoms with van der Waals surface area (Å²) in [5, 5.41) is 8.70. The number of ether oxygens (including phenoxy) is 1. The van der Waals surface area contributed by atoms with Gasteiger partial charge in [0.2, 0.25) is 5.82 Å². The van der Waals surface area contributed by atoms with Gasteiger partial charge in [0.15, 0.2) is 0 Å². The standard InChI is InChI=1S/C12H9N3O2/c1-17-12(16)11-14-6-7-15(11)10-4-2-9(8-13)3-5-10/h2-7H,1H3. The Morgan fingerprint density at radius 3 is 2.71 bits per heavy atom. The van der Waals surface area contributed by atoms with Crippen molar-refractivity contribution in [2.24, 2.45) is 0 Å². The molecule has 0 unspecified atom stereocenters. The Kier molecular flexibility index (Phi) is 2.88. The van der Waals surface area contributed by atoms with E-state index >= 15 is 0 Å². The highest BCUT2D eigenvalue weighted by molar-refractivity contribution is 5.86. The molecule has 1 aromatic heterocycles. The molecule has 0 spiro atoms. The maximum Gasteiger partial charge on any atom is 0.374 e. The van der Waals surface area contributed by atoms with Crippen LogP contribution in [-0.2, 0) is 4.74 Å². The lowest BCUT2D eigenvalue weighted by Crippen LogP contribution is -2.10. The number of esters is 1. The number of nitriles is 1. The van der Waals surface area contributed by atoms with E-state index in [1.165, 1.54) is 13.3 Å². The van der Waals surface area contributed by atoms with Gasteiger partial charge in [-0.25, -0.2) is 9.78 Å². The predicted molar refractivity (Wildman–Crippen MR) is 59.6 cm³/mol. The number of imidazole rings is 1. The normalized spacial score (nSPS) is 9.65. The van der Waals surface area contributed by atoms with Crippen LogP contribution in [0.5, 0.6) is 0 Å². The number of carbonyl (C=O) groups is 1. The smallest absolute Gasteiger partial charge is 0.374 e. The second-order valence-electron chi connectivity index (χ2n) is 3.27. The lowest BCUT2D eigenvalue weighted by atomic mass is 10.2. The minimum Gasteiger partial charge on any atom is -0.463 e. The topological polar surface area (TPSA) is 67.9 Å². The molecule has 0 atom stereocenters. The first-order chi connectivity index (χ1) is 8.26. The molecule has 0 bridgehead atoms. The van der Waals surface area contributed by atoms with Gasteiger partial charge in [-0.05, 0) is 24.3 Å². The molecule has 1 heterocycles. The first-order valence-electron chi connectivity index (χ1n) is 4.88. The Morgan fingerprint density at radius 1 is 1.41 bits per heavy atom. The van der Waals surface area contributed by atoms with Crippen LogP contribution in [0.2, 0.25) is 0 Å². The van der Waals surface area contributed by atoms with Gasteiger partial charge in [0.25, 0.3) is 0 Å². The van der Waals surface area contributed by atoms with Gasteiger partial charge < -0.3 is 4.74 Å². The Balaban J connectivity index is 2.43. The first kappa shape index (κ1) is 10.9. The van der Waals surface area contributed by atoms with Crippen LogP contribution in [-0.4, -0.2) is 22.6 Å². The van der Waals surface area contributed by atoms with Crippen LogP contribution in [0.15, 0.2) is 36.7 Å². The van der Waals surface area contributed by atoms with E-state index in [1.807, 2.05) is 6.07 Å². The Bertz CT molecular complexity index is 579. The number of hydrogen-bond donors (Lipinski definition) is 0. The summed E-state index contributed by atoms with van der Waals surface area (Å²) < 4.78 is 6.23. The van der Waals surface area contributed by atoms with E-state index in [4.69, 9.17) is 5.26 Å². The van der Waals surface area contributed by atoms with Crippen LogP contribution in [0, 0.1) is 11.3 Å². The molecule has 84 valence electrons. The zero-order chi connectivity index (χ0) is 12.3. The van der Waals surface area contributed by atoms with Gasteiger partial charge in [-0.2, -0.15) is 5.26 Å². The molecule has 0 N–H and O–H groups in total. The van der Waals surface area contributed by atoms with Crippen molar-refractivity contribution in [3.05, 3.63) is 48.0 Å². The van der Waals surface area contributed by atoms with Crippen LogP contribution in [0.1, 0.15) is 16.2 Å². The molecular formula is C12H9N3O2. The fraction of sp³-hybridized carbons (Fsp3) is 0.0833. The third-order valence-corrected chi connectivity index (χ3v) is 2.28. The summed E-state index contributed by atoms with van der Waals surface area (Å²) in [6.45, 7) is 0. The highest BCUT2D eigenvalue weighted by atomic mass is 16.5. The lowest BCUT2D eigenvalue weighted by molar-refractivity contribution is 0.0584. The van der Waals surface area contributed by atoms with E-state index in [0.29, 0.717) is 5.56 Å². The van der Waals surface area contributed by atoms with E-state index in [-0.39, 0.29) is 5.82 Å². The fourth-order valence-corrected chi connectivity index (χ4v) is 1.45. The van der Waals surface area contributed by atoms with Crippen LogP contribution in [0.3, 0.4) is 0 Å². The van der Waals surface area contributed by atoms with Crippen LogP contribution in [0.25, 0.3) is 5.69 Å². The Hall–Kier alpha value is -2.61. The second kappa shape index (κ2) is 4.49. The first-order valence-corrected chi connectivity index (χ1v) is 4.88. The Labute approximate surface area is 97.9 Å². The number of aromatic nitrogens is 2. The van der Waals surface area contributed by atoms with Crippen molar-refractivity contribution in [3.63, 3.8) is 0 Å². The zero-order valence-corrected chi connectivity index (χ0v) is 9.12. The molecular weight excluding hydrogens is 218 g/mol. The molecule has 0 aliphatic rings. The van der Waals surface area contributed by atoms with Gasteiger partial charge in [0.05, 0.1) is 18.7 Å². The van der Waals surface area contributed by atoms with Crippen molar-refractivity contribution in [2.75, 3.05) is 7.11 Å². The van der Waals surface area contributed by atoms with Crippen molar-refractivity contribution in [1.29, 1.82) is 5.26 Å². The fourth-order valence-electron chi connectivity index (χ4n) is 1.45. The highest BCUT2D eigenvalue weighted by Crippen LogP contribution is 2.12. The minimum absolute atomic E-state index is 0.206. The largest absolute Gasteiger partial charge is 0.463 e. The van der Waals surface area contributed by atoms with Gasteiger partial charge in [0, 0.05) is 18.1 Å². The average molecular weight is 227 g/mol. The van der Waals surface area contributed by atoms with Crippen LogP contribution in [0.4, 0.5) is 0 Å². The third kappa shape index (κ3) is 2.01. The van der Waals surface area contributed by atoms with Gasteiger partial charge in [-0.15, -0.1) is 0 Å². The van der Waals surface area contributed by atoms with Crippen molar-refractivity contribution in [2.45, 2.75) is 0 Å². The average Bonchev–Trinajstić information content (AvgIpc) is 2.87. The molecule has 5 heteroatoms. The SMILES string of the molecule is COC(=O)c1nccn1-c1ccc(C#N)cc1. The summed E-state index contributed by atoms with van der Waals surface area (Å²) in [4.78, 5) is 15.4. The number of hydrogen-bond acceptors (Lipinski definition) is 4. The molecule has 0 radical (unpaired) electrons. The van der Waals surface area contributed by atoms with E-state index in [2.05, 4.69) is 9.72 Å². The van der Waals surface area contributed by atoms with Crippen LogP contribution < -0.4 is 0 Å². The molecule has 0 fully saturated rings. The lowest BCUT2D eigenvalue weighted by Gasteiger charge is -2.05. The van der Waals surface area contributed by atoms with Gasteiger partial charge >= 0.3 is 5.97 Å². The Morgan fingerprint density at radius 2 is 2.12 bits per heavy atom. The van der Waals surface area contributed by atoms with Gasteiger partial charge in [-0.1, -0.05) is 0 Å². The van der Waals surface area contributed by atoms with E-state index in [0.717, 1.165) is 5.69 Å². The molecule has 0 saturated carbocycles. The summed E-state index contributed by atoms with van der Waals surface area (Å²) in [5.41, 5.74) is 1.32. The number of benzene rings is 1. The van der Waals surface area contributed by atoms with Gasteiger partial charge in [0.1, 0.15) is 0 Å². The summed E-state index contributed by atoms with van der Waals surface area (Å²) in [7, 11) is 1.31. The maximum atomic E-state index is 11.4. The predicted octanol–water partition coefficient (Wildman–Crippen LogP) is 1.53. The summed E-state index contributed by atoms with van der Waals surface area (Å²) in [5.74, 6) is -0.295. The van der Waals surface area contributed by atoms with Crippen molar-refractivity contribution >= 4 is 5.97 Å². The number of rotatable bonds is 2. The monoisotopic (exact) mass is 227 g/mol. The second-order valence-corrected chi connectivity index (χ2v) is 3.27. The highest BCUT2D eigenvalue weighted by Gasteiger charge is 2.13. The molecule has 0 amide bonds. The van der Waals surface area contributed by atoms with Crippen LogP contribution >= 0.6 is 0 Å². The summed E-state index contributed by atoms with van der Waals surface area (Å²) in [6, 6.07) is 8.87. The summed E-state index contributed by atoms with van der Waals surface area (Å²) in [6.07, 6.45) is 3.18. The molecule has 1 aromatic carbocycles. The molecule has 17 heavy (non-hydrogen) atoms. The van der Waals surface area contributed by atoms with Crippen molar-refractivity contribution < 1.29 is 9.53 Å². The number of nitrogens with zero attached hydrogens (tertiary/aromatic N) is 3. The van der Waals surface area contributed by atoms with E-state index < -0.39 is 5.97 Å². The molecule has 2 aromatic rings. The number of methoxy groups -OCH3 is 1. The maximum absolute atomic E-state index is 11.4. The minimum atomic E-state index is -0.501. The van der Waals surface area contributed by atoms with Gasteiger partial charge in [-0.3, -0.25) is 4.57 Å². The molecule has 2 rings (SSSR count). The molecule has 0 saturated heterocycles. The molecule has 0 aliphatic carbocycles. The van der Waals surface area contributed by atoms with Crippen molar-refractivity contribution in [3.8, 4) is 11.8 Å². The van der Waals surface area contributed by atoms with E-state index in [9.17, 15) is 4.79 Å².